The molecule has 0 unspecified atom stereocenters. The second-order valence-corrected chi connectivity index (χ2v) is 8.07. The van der Waals surface area contributed by atoms with E-state index in [1.54, 1.807) is 45.0 Å². The molecule has 0 aliphatic carbocycles. The molecule has 2 aromatic rings. The van der Waals surface area contributed by atoms with Gasteiger partial charge in [-0.1, -0.05) is 34.6 Å². The molecule has 0 radical (unpaired) electrons. The lowest BCUT2D eigenvalue weighted by Gasteiger charge is -2.02. The minimum Gasteiger partial charge on any atom is -0.466 e. The van der Waals surface area contributed by atoms with Gasteiger partial charge in [0, 0.05) is 62.1 Å². The largest absolute Gasteiger partial charge is 0.466 e. The van der Waals surface area contributed by atoms with Crippen LogP contribution in [0.5, 0.6) is 0 Å². The van der Waals surface area contributed by atoms with Gasteiger partial charge in [0.25, 0.3) is 11.4 Å². The molecule has 0 aliphatic rings. The lowest BCUT2D eigenvalue weighted by Crippen LogP contribution is -2.15. The topological polar surface area (TPSA) is 279 Å². The summed E-state index contributed by atoms with van der Waals surface area (Å²) in [6.07, 6.45) is 0. The standard InChI is InChI=1S/C10H11N3O4.C8H9N3O3.C4H6O3.C4H8O2/c1-6-3-4-8(5-9(6)13(15)16)10(11)12-17-7(2)14;1-5-2-3-6(8(9)10-12)4-7(5)11(13)14;1-3(5)7-4(2)6;1-3-6-4(2)5/h3-5H,1-2H3,(H2,11,12);2-4,12H,1H3,(H2,9,10);1-2H3;3H2,1-2H3. The third kappa shape index (κ3) is 17.7. The average Bonchev–Trinajstić information content (AvgIpc) is 2.91. The van der Waals surface area contributed by atoms with E-state index >= 15 is 0 Å². The summed E-state index contributed by atoms with van der Waals surface area (Å²) in [6, 6.07) is 8.75. The molecular weight excluding hydrogens is 588 g/mol. The molecule has 0 spiro atoms. The number of nitro groups is 2. The Labute approximate surface area is 251 Å². The van der Waals surface area contributed by atoms with Crippen LogP contribution in [0.25, 0.3) is 0 Å². The highest BCUT2D eigenvalue weighted by Crippen LogP contribution is 2.20. The van der Waals surface area contributed by atoms with Gasteiger partial charge in [0.2, 0.25) is 0 Å². The fourth-order valence-electron chi connectivity index (χ4n) is 2.56. The predicted molar refractivity (Wildman–Crippen MR) is 155 cm³/mol. The van der Waals surface area contributed by atoms with Gasteiger partial charge in [-0.15, -0.1) is 0 Å². The highest BCUT2D eigenvalue weighted by Gasteiger charge is 2.13. The first-order valence-electron chi connectivity index (χ1n) is 12.2. The molecule has 0 saturated carbocycles. The molecule has 5 N–H and O–H groups in total. The molecule has 0 atom stereocenters. The molecule has 0 bridgehead atoms. The second-order valence-electron chi connectivity index (χ2n) is 8.07. The Kier molecular flexibility index (Phi) is 19.1. The van der Waals surface area contributed by atoms with E-state index in [2.05, 4.69) is 24.6 Å². The van der Waals surface area contributed by atoms with Gasteiger partial charge in [0.05, 0.1) is 16.5 Å². The number of benzene rings is 2. The van der Waals surface area contributed by atoms with Crippen LogP contribution in [0.3, 0.4) is 0 Å². The number of amidine groups is 2. The highest BCUT2D eigenvalue weighted by atomic mass is 16.7. The van der Waals surface area contributed by atoms with Crippen LogP contribution >= 0.6 is 0 Å². The fraction of sp³-hybridized carbons (Fsp3) is 0.308. The number of esters is 3. The van der Waals surface area contributed by atoms with Crippen molar-refractivity contribution < 1.29 is 48.5 Å². The van der Waals surface area contributed by atoms with Crippen molar-refractivity contribution in [2.24, 2.45) is 21.8 Å². The molecule has 0 heterocycles. The molecule has 2 aromatic carbocycles. The summed E-state index contributed by atoms with van der Waals surface area (Å²) in [4.78, 5) is 64.5. The number of nitrogens with zero attached hydrogens (tertiary/aromatic N) is 4. The molecule has 0 fully saturated rings. The van der Waals surface area contributed by atoms with E-state index in [0.29, 0.717) is 28.9 Å². The molecule has 18 heteroatoms. The van der Waals surface area contributed by atoms with E-state index in [1.165, 1.54) is 39.8 Å². The van der Waals surface area contributed by atoms with E-state index in [4.69, 9.17) is 16.7 Å². The summed E-state index contributed by atoms with van der Waals surface area (Å²) in [6.45, 7) is 10.4. The van der Waals surface area contributed by atoms with E-state index in [1.807, 2.05) is 0 Å². The number of oxime groups is 2. The number of carbonyl (C=O) groups is 4. The molecule has 0 amide bonds. The van der Waals surface area contributed by atoms with Crippen LogP contribution < -0.4 is 11.5 Å². The van der Waals surface area contributed by atoms with Gasteiger partial charge in [0.1, 0.15) is 0 Å². The average molecular weight is 623 g/mol. The summed E-state index contributed by atoms with van der Waals surface area (Å²) in [5, 5.41) is 35.7. The van der Waals surface area contributed by atoms with Gasteiger partial charge >= 0.3 is 23.9 Å². The molecule has 0 aromatic heterocycles. The van der Waals surface area contributed by atoms with Crippen LogP contribution in [0.15, 0.2) is 46.7 Å². The maximum Gasteiger partial charge on any atom is 0.332 e. The van der Waals surface area contributed by atoms with Crippen LogP contribution in [0.1, 0.15) is 56.9 Å². The number of nitrogens with two attached hydrogens (primary N) is 2. The maximum atomic E-state index is 10.7. The lowest BCUT2D eigenvalue weighted by molar-refractivity contribution is -0.385. The van der Waals surface area contributed by atoms with Gasteiger partial charge in [-0.3, -0.25) is 34.6 Å². The Hall–Kier alpha value is -5.94. The first kappa shape index (κ1) is 40.2. The van der Waals surface area contributed by atoms with E-state index in [0.717, 1.165) is 0 Å². The smallest absolute Gasteiger partial charge is 0.332 e. The lowest BCUT2D eigenvalue weighted by atomic mass is 10.1. The Morgan fingerprint density at radius 3 is 1.43 bits per heavy atom. The second kappa shape index (κ2) is 20.9. The van der Waals surface area contributed by atoms with E-state index in [9.17, 15) is 39.4 Å². The fourth-order valence-corrected chi connectivity index (χ4v) is 2.56. The van der Waals surface area contributed by atoms with Crippen molar-refractivity contribution in [2.75, 3.05) is 6.61 Å². The van der Waals surface area contributed by atoms with Gasteiger partial charge in [-0.2, -0.15) is 0 Å². The Balaban J connectivity index is 0. The summed E-state index contributed by atoms with van der Waals surface area (Å²) < 4.78 is 8.38. The van der Waals surface area contributed by atoms with Gasteiger partial charge in [0.15, 0.2) is 11.7 Å². The van der Waals surface area contributed by atoms with Crippen molar-refractivity contribution in [1.29, 1.82) is 0 Å². The molecule has 0 saturated heterocycles. The van der Waals surface area contributed by atoms with Crippen LogP contribution in [0.2, 0.25) is 0 Å². The van der Waals surface area contributed by atoms with Gasteiger partial charge in [-0.05, 0) is 20.8 Å². The number of hydrogen-bond donors (Lipinski definition) is 3. The van der Waals surface area contributed by atoms with Gasteiger partial charge < -0.3 is 31.0 Å². The maximum absolute atomic E-state index is 10.7. The zero-order chi connectivity index (χ0) is 34.6. The van der Waals surface area contributed by atoms with E-state index < -0.39 is 27.8 Å². The van der Waals surface area contributed by atoms with Crippen molar-refractivity contribution in [2.45, 2.75) is 48.5 Å². The normalized spacial score (nSPS) is 10.2. The van der Waals surface area contributed by atoms with Crippen LogP contribution in [-0.2, 0) is 33.5 Å². The summed E-state index contributed by atoms with van der Waals surface area (Å²) in [7, 11) is 0. The molecular formula is C26H34N6O12. The van der Waals surface area contributed by atoms with Crippen molar-refractivity contribution in [1.82, 2.24) is 0 Å². The monoisotopic (exact) mass is 622 g/mol. The molecule has 2 rings (SSSR count). The minimum absolute atomic E-state index is 0.0471. The number of hydrogen-bond acceptors (Lipinski definition) is 14. The van der Waals surface area contributed by atoms with Crippen molar-refractivity contribution in [3.63, 3.8) is 0 Å². The van der Waals surface area contributed by atoms with Crippen LogP contribution in [-0.4, -0.2) is 57.2 Å². The Bertz CT molecular complexity index is 1390. The molecule has 240 valence electrons. The zero-order valence-electron chi connectivity index (χ0n) is 25.1. The summed E-state index contributed by atoms with van der Waals surface area (Å²) >= 11 is 0. The Morgan fingerprint density at radius 1 is 0.773 bits per heavy atom. The number of aryl methyl sites for hydroxylation is 2. The van der Waals surface area contributed by atoms with Crippen molar-refractivity contribution >= 4 is 46.9 Å². The Morgan fingerprint density at radius 2 is 1.18 bits per heavy atom. The zero-order valence-corrected chi connectivity index (χ0v) is 25.1. The van der Waals surface area contributed by atoms with Gasteiger partial charge in [-0.25, -0.2) is 4.79 Å². The first-order chi connectivity index (χ1) is 20.4. The summed E-state index contributed by atoms with van der Waals surface area (Å²) in [5.41, 5.74) is 12.4. The van der Waals surface area contributed by atoms with Crippen LogP contribution in [0, 0.1) is 34.1 Å². The molecule has 44 heavy (non-hydrogen) atoms. The number of carbonyl (C=O) groups excluding carboxylic acids is 4. The predicted octanol–water partition coefficient (Wildman–Crippen LogP) is 2.75. The van der Waals surface area contributed by atoms with E-state index in [-0.39, 0.29) is 29.0 Å². The SMILES string of the molecule is CC(=O)O/N=C(\N)c1ccc(C)c([N+](=O)[O-])c1.CC(=O)OC(C)=O.CCOC(C)=O.Cc1ccc(/C(N)=N/O)cc1[N+](=O)[O-]. The van der Waals surface area contributed by atoms with Crippen LogP contribution in [0.4, 0.5) is 11.4 Å². The molecule has 18 nitrogen and oxygen atoms in total. The summed E-state index contributed by atoms with van der Waals surface area (Å²) in [5.74, 6) is -2.19. The van der Waals surface area contributed by atoms with Crippen molar-refractivity contribution in [3.05, 3.63) is 78.9 Å². The minimum atomic E-state index is -0.616. The number of rotatable bonds is 6. The quantitative estimate of drug-likeness (QED) is 0.0610. The van der Waals surface area contributed by atoms with Crippen molar-refractivity contribution in [3.8, 4) is 0 Å². The number of ether oxygens (including phenoxy) is 2. The third-order valence-corrected chi connectivity index (χ3v) is 4.42. The molecule has 0 aliphatic heterocycles. The third-order valence-electron chi connectivity index (χ3n) is 4.42. The number of nitro benzene ring substituents is 2. The highest BCUT2D eigenvalue weighted by molar-refractivity contribution is 5.98. The first-order valence-corrected chi connectivity index (χ1v) is 12.2.